The highest BCUT2D eigenvalue weighted by atomic mass is 16.5. The van der Waals surface area contributed by atoms with E-state index >= 15 is 0 Å². The SMILES string of the molecule is COc1cc(C(=O)OCCCO)c(OC)c(C)c1C. The van der Waals surface area contributed by atoms with Crippen LogP contribution in [-0.2, 0) is 4.74 Å². The lowest BCUT2D eigenvalue weighted by atomic mass is 10.0. The summed E-state index contributed by atoms with van der Waals surface area (Å²) >= 11 is 0. The van der Waals surface area contributed by atoms with Gasteiger partial charge in [0.1, 0.15) is 17.1 Å². The van der Waals surface area contributed by atoms with Gasteiger partial charge in [-0.05, 0) is 31.0 Å². The lowest BCUT2D eigenvalue weighted by Gasteiger charge is -2.16. The number of carbonyl (C=O) groups is 1. The monoisotopic (exact) mass is 268 g/mol. The second kappa shape index (κ2) is 6.99. The molecule has 1 aromatic carbocycles. The maximum absolute atomic E-state index is 12.0. The first-order valence-corrected chi connectivity index (χ1v) is 6.07. The van der Waals surface area contributed by atoms with Gasteiger partial charge in [-0.2, -0.15) is 0 Å². The third-order valence-corrected chi connectivity index (χ3v) is 2.97. The first kappa shape index (κ1) is 15.3. The average molecular weight is 268 g/mol. The van der Waals surface area contributed by atoms with Gasteiger partial charge in [-0.1, -0.05) is 0 Å². The first-order valence-electron chi connectivity index (χ1n) is 6.07. The van der Waals surface area contributed by atoms with Gasteiger partial charge < -0.3 is 19.3 Å². The van der Waals surface area contributed by atoms with Crippen molar-refractivity contribution in [2.45, 2.75) is 20.3 Å². The topological polar surface area (TPSA) is 65.0 Å². The molecule has 0 aliphatic carbocycles. The zero-order valence-corrected chi connectivity index (χ0v) is 11.8. The molecule has 0 heterocycles. The number of hydrogen-bond acceptors (Lipinski definition) is 5. The van der Waals surface area contributed by atoms with E-state index in [0.29, 0.717) is 23.5 Å². The van der Waals surface area contributed by atoms with Gasteiger partial charge in [0.2, 0.25) is 0 Å². The third kappa shape index (κ3) is 3.38. The van der Waals surface area contributed by atoms with E-state index in [1.165, 1.54) is 7.11 Å². The Kier molecular flexibility index (Phi) is 5.63. The van der Waals surface area contributed by atoms with Gasteiger partial charge >= 0.3 is 5.97 Å². The number of aliphatic hydroxyl groups is 1. The van der Waals surface area contributed by atoms with Crippen LogP contribution >= 0.6 is 0 Å². The Labute approximate surface area is 113 Å². The Morgan fingerprint density at radius 3 is 2.42 bits per heavy atom. The second-order valence-electron chi connectivity index (χ2n) is 4.12. The quantitative estimate of drug-likeness (QED) is 0.630. The molecule has 0 aliphatic heterocycles. The summed E-state index contributed by atoms with van der Waals surface area (Å²) in [4.78, 5) is 12.0. The van der Waals surface area contributed by atoms with Crippen molar-refractivity contribution in [3.63, 3.8) is 0 Å². The molecule has 0 aromatic heterocycles. The minimum atomic E-state index is -0.480. The molecule has 1 aromatic rings. The summed E-state index contributed by atoms with van der Waals surface area (Å²) in [7, 11) is 3.06. The van der Waals surface area contributed by atoms with E-state index in [2.05, 4.69) is 0 Å². The van der Waals surface area contributed by atoms with E-state index < -0.39 is 5.97 Å². The minimum absolute atomic E-state index is 0.0132. The summed E-state index contributed by atoms with van der Waals surface area (Å²) in [5.41, 5.74) is 2.10. The van der Waals surface area contributed by atoms with Crippen molar-refractivity contribution in [1.29, 1.82) is 0 Å². The molecule has 0 bridgehead atoms. The number of esters is 1. The Bertz CT molecular complexity index is 454. The maximum Gasteiger partial charge on any atom is 0.342 e. The predicted octanol–water partition coefficient (Wildman–Crippen LogP) is 1.86. The molecule has 5 heteroatoms. The molecule has 0 spiro atoms. The number of carbonyl (C=O) groups excluding carboxylic acids is 1. The summed E-state index contributed by atoms with van der Waals surface area (Å²) in [6.07, 6.45) is 0.413. The summed E-state index contributed by atoms with van der Waals surface area (Å²) in [6, 6.07) is 1.61. The summed E-state index contributed by atoms with van der Waals surface area (Å²) in [5.74, 6) is 0.631. The van der Waals surface area contributed by atoms with Crippen LogP contribution in [0.5, 0.6) is 11.5 Å². The van der Waals surface area contributed by atoms with Gasteiger partial charge in [0.25, 0.3) is 0 Å². The smallest absolute Gasteiger partial charge is 0.342 e. The Morgan fingerprint density at radius 1 is 1.21 bits per heavy atom. The van der Waals surface area contributed by atoms with E-state index in [9.17, 15) is 4.79 Å². The highest BCUT2D eigenvalue weighted by Gasteiger charge is 2.20. The van der Waals surface area contributed by atoms with Crippen LogP contribution in [0.4, 0.5) is 0 Å². The van der Waals surface area contributed by atoms with Gasteiger partial charge in [-0.15, -0.1) is 0 Å². The number of benzene rings is 1. The fourth-order valence-electron chi connectivity index (χ4n) is 1.80. The molecule has 0 atom stereocenters. The van der Waals surface area contributed by atoms with E-state index in [1.807, 2.05) is 13.8 Å². The summed E-state index contributed by atoms with van der Waals surface area (Å²) in [6.45, 7) is 3.92. The molecular weight excluding hydrogens is 248 g/mol. The molecule has 0 amide bonds. The van der Waals surface area contributed by atoms with Crippen LogP contribution in [0.25, 0.3) is 0 Å². The van der Waals surface area contributed by atoms with Crippen LogP contribution in [0.1, 0.15) is 27.9 Å². The molecule has 106 valence electrons. The molecule has 0 aliphatic rings. The van der Waals surface area contributed by atoms with Gasteiger partial charge in [-0.25, -0.2) is 4.79 Å². The Hall–Kier alpha value is -1.75. The van der Waals surface area contributed by atoms with Crippen molar-refractivity contribution in [3.05, 3.63) is 22.8 Å². The lowest BCUT2D eigenvalue weighted by molar-refractivity contribution is 0.0478. The predicted molar refractivity (Wildman–Crippen MR) is 71.0 cm³/mol. The number of hydrogen-bond donors (Lipinski definition) is 1. The zero-order chi connectivity index (χ0) is 14.4. The molecule has 0 fully saturated rings. The van der Waals surface area contributed by atoms with E-state index in [1.54, 1.807) is 13.2 Å². The van der Waals surface area contributed by atoms with E-state index in [-0.39, 0.29) is 13.2 Å². The lowest BCUT2D eigenvalue weighted by Crippen LogP contribution is -2.11. The zero-order valence-electron chi connectivity index (χ0n) is 11.8. The van der Waals surface area contributed by atoms with Crippen LogP contribution in [0.3, 0.4) is 0 Å². The van der Waals surface area contributed by atoms with Gasteiger partial charge in [0.05, 0.1) is 20.8 Å². The van der Waals surface area contributed by atoms with Crippen molar-refractivity contribution in [2.24, 2.45) is 0 Å². The van der Waals surface area contributed by atoms with Crippen molar-refractivity contribution >= 4 is 5.97 Å². The van der Waals surface area contributed by atoms with Crippen LogP contribution < -0.4 is 9.47 Å². The minimum Gasteiger partial charge on any atom is -0.496 e. The largest absolute Gasteiger partial charge is 0.496 e. The highest BCUT2D eigenvalue weighted by molar-refractivity contribution is 5.94. The fraction of sp³-hybridized carbons (Fsp3) is 0.500. The standard InChI is InChI=1S/C14H20O5/c1-9-10(2)13(18-4)11(8-12(9)17-3)14(16)19-7-5-6-15/h8,15H,5-7H2,1-4H3. The van der Waals surface area contributed by atoms with Gasteiger partial charge in [-0.3, -0.25) is 0 Å². The van der Waals surface area contributed by atoms with Crippen LogP contribution in [0.15, 0.2) is 6.07 Å². The molecule has 0 saturated heterocycles. The molecule has 0 unspecified atom stereocenters. The Balaban J connectivity index is 3.11. The molecule has 1 rings (SSSR count). The van der Waals surface area contributed by atoms with Crippen molar-refractivity contribution < 1.29 is 24.1 Å². The first-order chi connectivity index (χ1) is 9.06. The second-order valence-corrected chi connectivity index (χ2v) is 4.12. The Morgan fingerprint density at radius 2 is 1.89 bits per heavy atom. The molecule has 1 N–H and O–H groups in total. The van der Waals surface area contributed by atoms with Gasteiger partial charge in [0.15, 0.2) is 0 Å². The number of methoxy groups -OCH3 is 2. The van der Waals surface area contributed by atoms with Gasteiger partial charge in [0, 0.05) is 13.0 Å². The molecular formula is C14H20O5. The molecule has 5 nitrogen and oxygen atoms in total. The van der Waals surface area contributed by atoms with Crippen LogP contribution in [0, 0.1) is 13.8 Å². The number of aliphatic hydroxyl groups excluding tert-OH is 1. The fourth-order valence-corrected chi connectivity index (χ4v) is 1.80. The molecule has 19 heavy (non-hydrogen) atoms. The molecule has 0 radical (unpaired) electrons. The van der Waals surface area contributed by atoms with E-state index in [4.69, 9.17) is 19.3 Å². The van der Waals surface area contributed by atoms with Crippen molar-refractivity contribution in [2.75, 3.05) is 27.4 Å². The highest BCUT2D eigenvalue weighted by Crippen LogP contribution is 2.33. The third-order valence-electron chi connectivity index (χ3n) is 2.97. The number of rotatable bonds is 6. The number of ether oxygens (including phenoxy) is 3. The van der Waals surface area contributed by atoms with Crippen LogP contribution in [0.2, 0.25) is 0 Å². The maximum atomic E-state index is 12.0. The van der Waals surface area contributed by atoms with E-state index in [0.717, 1.165) is 11.1 Å². The van der Waals surface area contributed by atoms with Crippen molar-refractivity contribution in [1.82, 2.24) is 0 Å². The summed E-state index contributed by atoms with van der Waals surface area (Å²) < 4.78 is 15.6. The van der Waals surface area contributed by atoms with Crippen molar-refractivity contribution in [3.8, 4) is 11.5 Å². The normalized spacial score (nSPS) is 10.2. The summed E-state index contributed by atoms with van der Waals surface area (Å²) in [5, 5.41) is 8.68. The average Bonchev–Trinajstić information content (AvgIpc) is 2.41. The molecule has 0 saturated carbocycles. The van der Waals surface area contributed by atoms with Crippen LogP contribution in [-0.4, -0.2) is 38.5 Å².